The Kier molecular flexibility index (Phi) is 3.64. The zero-order valence-electron chi connectivity index (χ0n) is 8.23. The van der Waals surface area contributed by atoms with Crippen molar-refractivity contribution < 1.29 is 0 Å². The molecule has 0 saturated carbocycles. The Morgan fingerprint density at radius 3 is 3.06 bits per heavy atom. The maximum atomic E-state index is 8.59. The highest BCUT2D eigenvalue weighted by Gasteiger charge is 2.20. The van der Waals surface area contributed by atoms with Crippen molar-refractivity contribution in [1.29, 1.82) is 5.26 Å². The zero-order valence-corrected chi connectivity index (χ0v) is 10.6. The van der Waals surface area contributed by atoms with Gasteiger partial charge in [0.15, 0.2) is 0 Å². The lowest BCUT2D eigenvalue weighted by molar-refractivity contribution is 0.986. The molecule has 1 saturated heterocycles. The molecule has 1 unspecified atom stereocenters. The number of aromatic nitrogens is 1. The number of anilines is 1. The molecule has 0 aromatic carbocycles. The summed E-state index contributed by atoms with van der Waals surface area (Å²) >= 11 is 11.7. The molecule has 1 fully saturated rings. The fraction of sp³-hybridized carbons (Fsp3) is 0.333. The number of hydrogen-bond donors (Lipinski definition) is 0. The monoisotopic (exact) mass is 274 g/mol. The number of rotatable bonds is 1. The quantitative estimate of drug-likeness (QED) is 0.585. The molecule has 7 heteroatoms. The highest BCUT2D eigenvalue weighted by atomic mass is 35.5. The molecule has 0 aliphatic carbocycles. The number of pyridine rings is 1. The van der Waals surface area contributed by atoms with Crippen molar-refractivity contribution in [2.75, 3.05) is 16.6 Å². The average Bonchev–Trinajstić information content (AvgIpc) is 2.71. The van der Waals surface area contributed by atoms with E-state index in [9.17, 15) is 0 Å². The molecule has 0 bridgehead atoms. The lowest BCUT2D eigenvalue weighted by Crippen LogP contribution is -2.19. The zero-order chi connectivity index (χ0) is 11.5. The Morgan fingerprint density at radius 2 is 2.38 bits per heavy atom. The van der Waals surface area contributed by atoms with Crippen molar-refractivity contribution >= 4 is 39.8 Å². The van der Waals surface area contributed by atoms with Gasteiger partial charge in [-0.3, -0.25) is 0 Å². The first-order valence-corrected chi connectivity index (χ1v) is 6.68. The van der Waals surface area contributed by atoms with E-state index < -0.39 is 0 Å². The van der Waals surface area contributed by atoms with E-state index in [2.05, 4.69) is 9.35 Å². The summed E-state index contributed by atoms with van der Waals surface area (Å²) in [7, 11) is -0.375. The minimum Gasteiger partial charge on any atom is -0.306 e. The molecule has 1 aromatic rings. The van der Waals surface area contributed by atoms with Gasteiger partial charge in [-0.1, -0.05) is 23.2 Å². The second kappa shape index (κ2) is 5.00. The Morgan fingerprint density at radius 1 is 1.56 bits per heavy atom. The van der Waals surface area contributed by atoms with Gasteiger partial charge in [0.05, 0.1) is 16.9 Å². The van der Waals surface area contributed by atoms with Crippen LogP contribution >= 0.6 is 23.2 Å². The van der Waals surface area contributed by atoms with E-state index in [4.69, 9.17) is 28.5 Å². The number of nitrogens with zero attached hydrogens (tertiary/aromatic N) is 4. The first-order chi connectivity index (χ1) is 7.72. The summed E-state index contributed by atoms with van der Waals surface area (Å²) in [6.07, 6.45) is 4.53. The maximum absolute atomic E-state index is 8.59. The molecule has 0 amide bonds. The predicted octanol–water partition coefficient (Wildman–Crippen LogP) is 2.80. The number of nitriles is 1. The number of halogens is 2. The van der Waals surface area contributed by atoms with Crippen molar-refractivity contribution in [2.24, 2.45) is 4.36 Å². The van der Waals surface area contributed by atoms with E-state index in [1.807, 2.05) is 10.5 Å². The summed E-state index contributed by atoms with van der Waals surface area (Å²) in [5.41, 5.74) is 0.870. The van der Waals surface area contributed by atoms with Crippen molar-refractivity contribution in [1.82, 2.24) is 4.98 Å². The minimum atomic E-state index is -0.375. The van der Waals surface area contributed by atoms with Crippen LogP contribution in [-0.4, -0.2) is 17.3 Å². The summed E-state index contributed by atoms with van der Waals surface area (Å²) < 4.78 is 5.93. The Bertz CT molecular complexity index is 483. The highest BCUT2D eigenvalue weighted by Crippen LogP contribution is 2.28. The Labute approximate surface area is 106 Å². The third-order valence-electron chi connectivity index (χ3n) is 2.16. The van der Waals surface area contributed by atoms with Gasteiger partial charge in [0.25, 0.3) is 0 Å². The molecule has 4 nitrogen and oxygen atoms in total. The molecule has 0 radical (unpaired) electrons. The van der Waals surface area contributed by atoms with Crippen molar-refractivity contribution in [3.8, 4) is 6.19 Å². The molecule has 1 aromatic heterocycles. The third kappa shape index (κ3) is 2.29. The largest absolute Gasteiger partial charge is 0.306 e. The van der Waals surface area contributed by atoms with Gasteiger partial charge in [-0.05, 0) is 12.5 Å². The van der Waals surface area contributed by atoms with Crippen LogP contribution in [0.15, 0.2) is 16.6 Å². The molecular formula is C9H8Cl2N4S. The lowest BCUT2D eigenvalue weighted by Gasteiger charge is -2.18. The molecular weight excluding hydrogens is 267 g/mol. The Balaban J connectivity index is 2.34. The van der Waals surface area contributed by atoms with Gasteiger partial charge >= 0.3 is 0 Å². The Hall–Kier alpha value is -0.830. The van der Waals surface area contributed by atoms with Crippen molar-refractivity contribution in [2.45, 2.75) is 6.42 Å². The minimum absolute atomic E-state index is 0.293. The van der Waals surface area contributed by atoms with Crippen LogP contribution in [0.25, 0.3) is 0 Å². The van der Waals surface area contributed by atoms with E-state index in [-0.39, 0.29) is 10.9 Å². The molecule has 84 valence electrons. The summed E-state index contributed by atoms with van der Waals surface area (Å²) in [5, 5.41) is 9.31. The average molecular weight is 275 g/mol. The predicted molar refractivity (Wildman–Crippen MR) is 66.5 cm³/mol. The van der Waals surface area contributed by atoms with Crippen LogP contribution < -0.4 is 4.31 Å². The molecule has 0 spiro atoms. The van der Waals surface area contributed by atoms with Crippen LogP contribution in [0.3, 0.4) is 0 Å². The van der Waals surface area contributed by atoms with E-state index in [1.165, 1.54) is 0 Å². The maximum Gasteiger partial charge on any atom is 0.213 e. The smallest absolute Gasteiger partial charge is 0.213 e. The standard InChI is InChI=1S/C9H8Cl2N4S/c10-8-4-7(5-13-9(8)11)15-2-1-3-16(15)14-6-12/h4-5H,1-3H2. The first kappa shape index (κ1) is 11.6. The molecule has 2 rings (SSSR count). The van der Waals surface area contributed by atoms with Crippen LogP contribution in [-0.2, 0) is 10.9 Å². The second-order valence-corrected chi connectivity index (χ2v) is 5.63. The van der Waals surface area contributed by atoms with Gasteiger partial charge in [0.1, 0.15) is 5.15 Å². The third-order valence-corrected chi connectivity index (χ3v) is 4.69. The van der Waals surface area contributed by atoms with Gasteiger partial charge in [-0.25, -0.2) is 4.98 Å². The van der Waals surface area contributed by atoms with E-state index in [1.54, 1.807) is 12.3 Å². The van der Waals surface area contributed by atoms with E-state index in [0.29, 0.717) is 10.2 Å². The van der Waals surface area contributed by atoms with Crippen LogP contribution in [0.2, 0.25) is 10.2 Å². The number of hydrogen-bond acceptors (Lipinski definition) is 3. The van der Waals surface area contributed by atoms with E-state index in [0.717, 1.165) is 24.4 Å². The van der Waals surface area contributed by atoms with Crippen LogP contribution in [0, 0.1) is 11.5 Å². The van der Waals surface area contributed by atoms with Crippen LogP contribution in [0.1, 0.15) is 6.42 Å². The lowest BCUT2D eigenvalue weighted by atomic mass is 10.4. The summed E-state index contributed by atoms with van der Waals surface area (Å²) in [6, 6.07) is 1.76. The summed E-state index contributed by atoms with van der Waals surface area (Å²) in [4.78, 5) is 3.99. The van der Waals surface area contributed by atoms with Crippen molar-refractivity contribution in [3.63, 3.8) is 0 Å². The van der Waals surface area contributed by atoms with Crippen LogP contribution in [0.5, 0.6) is 0 Å². The molecule has 1 atom stereocenters. The summed E-state index contributed by atoms with van der Waals surface area (Å²) in [6.45, 7) is 0.869. The van der Waals surface area contributed by atoms with Gasteiger partial charge in [-0.15, -0.1) is 4.36 Å². The fourth-order valence-corrected chi connectivity index (χ4v) is 3.33. The van der Waals surface area contributed by atoms with Gasteiger partial charge < -0.3 is 4.31 Å². The normalized spacial score (nSPS) is 20.1. The second-order valence-electron chi connectivity index (χ2n) is 3.16. The first-order valence-electron chi connectivity index (χ1n) is 4.62. The molecule has 1 aliphatic heterocycles. The van der Waals surface area contributed by atoms with Gasteiger partial charge in [-0.2, -0.15) is 5.26 Å². The SMILES string of the molecule is N#C/N=S1\CCCN1c1cnc(Cl)c(Cl)c1. The van der Waals surface area contributed by atoms with Gasteiger partial charge in [0, 0.05) is 23.2 Å². The van der Waals surface area contributed by atoms with Gasteiger partial charge in [0.2, 0.25) is 6.19 Å². The van der Waals surface area contributed by atoms with Crippen LogP contribution in [0.4, 0.5) is 5.69 Å². The summed E-state index contributed by atoms with van der Waals surface area (Å²) in [5.74, 6) is 0.911. The molecule has 2 heterocycles. The van der Waals surface area contributed by atoms with Crippen molar-refractivity contribution in [3.05, 3.63) is 22.4 Å². The molecule has 0 N–H and O–H groups in total. The molecule has 1 aliphatic rings. The molecule has 16 heavy (non-hydrogen) atoms. The highest BCUT2D eigenvalue weighted by molar-refractivity contribution is 7.89. The topological polar surface area (TPSA) is 52.3 Å². The van der Waals surface area contributed by atoms with E-state index >= 15 is 0 Å². The fourth-order valence-electron chi connectivity index (χ4n) is 1.49.